The number of halogens is 2. The summed E-state index contributed by atoms with van der Waals surface area (Å²) in [6, 6.07) is 6.46. The molecule has 1 aromatic rings. The summed E-state index contributed by atoms with van der Waals surface area (Å²) in [7, 11) is 2.17. The van der Waals surface area contributed by atoms with Gasteiger partial charge in [0.1, 0.15) is 0 Å². The summed E-state index contributed by atoms with van der Waals surface area (Å²) in [5.74, 6) is 0. The Hall–Kier alpha value is -0.280. The van der Waals surface area contributed by atoms with Crippen molar-refractivity contribution >= 4 is 23.2 Å². The van der Waals surface area contributed by atoms with Crippen molar-refractivity contribution in [1.82, 2.24) is 10.2 Å². The number of unbranched alkanes of at least 4 members (excludes halogenated alkanes) is 1. The summed E-state index contributed by atoms with van der Waals surface area (Å²) in [6.07, 6.45) is 2.37. The van der Waals surface area contributed by atoms with Crippen LogP contribution >= 0.6 is 23.2 Å². The van der Waals surface area contributed by atoms with Crippen LogP contribution in [0, 0.1) is 0 Å². The predicted octanol–water partition coefficient (Wildman–Crippen LogP) is 4.76. The van der Waals surface area contributed by atoms with Gasteiger partial charge >= 0.3 is 0 Å². The molecule has 0 saturated heterocycles. The third-order valence-electron chi connectivity index (χ3n) is 3.69. The molecule has 0 saturated carbocycles. The zero-order chi connectivity index (χ0) is 15.1. The Bertz CT molecular complexity index is 407. The molecule has 114 valence electrons. The SMILES string of the molecule is CC(NCCCCN(C)C(C)C)c1cc(Cl)ccc1Cl. The highest BCUT2D eigenvalue weighted by molar-refractivity contribution is 6.33. The van der Waals surface area contributed by atoms with Crippen LogP contribution in [0.15, 0.2) is 18.2 Å². The average molecular weight is 317 g/mol. The highest BCUT2D eigenvalue weighted by atomic mass is 35.5. The van der Waals surface area contributed by atoms with E-state index < -0.39 is 0 Å². The Morgan fingerprint density at radius 2 is 1.85 bits per heavy atom. The molecular weight excluding hydrogens is 291 g/mol. The first-order valence-electron chi connectivity index (χ1n) is 7.30. The van der Waals surface area contributed by atoms with Crippen LogP contribution < -0.4 is 5.32 Å². The molecule has 0 amide bonds. The van der Waals surface area contributed by atoms with Crippen molar-refractivity contribution < 1.29 is 0 Å². The van der Waals surface area contributed by atoms with Gasteiger partial charge in [0, 0.05) is 22.1 Å². The van der Waals surface area contributed by atoms with Crippen molar-refractivity contribution in [3.63, 3.8) is 0 Å². The summed E-state index contributed by atoms with van der Waals surface area (Å²) in [4.78, 5) is 2.37. The van der Waals surface area contributed by atoms with E-state index in [0.29, 0.717) is 6.04 Å². The summed E-state index contributed by atoms with van der Waals surface area (Å²) >= 11 is 12.2. The van der Waals surface area contributed by atoms with E-state index in [1.54, 1.807) is 0 Å². The molecule has 1 atom stereocenters. The van der Waals surface area contributed by atoms with Crippen LogP contribution in [0.2, 0.25) is 10.0 Å². The number of hydrogen-bond acceptors (Lipinski definition) is 2. The van der Waals surface area contributed by atoms with Gasteiger partial charge in [-0.25, -0.2) is 0 Å². The molecule has 1 rings (SSSR count). The molecule has 1 N–H and O–H groups in total. The van der Waals surface area contributed by atoms with E-state index in [2.05, 4.69) is 38.0 Å². The second kappa shape index (κ2) is 8.89. The standard InChI is InChI=1S/C16H26Cl2N2/c1-12(2)20(4)10-6-5-9-19-13(3)15-11-14(17)7-8-16(15)18/h7-8,11-13,19H,5-6,9-10H2,1-4H3. The molecule has 2 nitrogen and oxygen atoms in total. The van der Waals surface area contributed by atoms with Gasteiger partial charge in [0.05, 0.1) is 0 Å². The third kappa shape index (κ3) is 6.01. The Balaban J connectivity index is 2.30. The zero-order valence-electron chi connectivity index (χ0n) is 12.9. The molecule has 1 unspecified atom stereocenters. The van der Waals surface area contributed by atoms with Crippen LogP contribution in [-0.4, -0.2) is 31.1 Å². The molecule has 0 aliphatic rings. The van der Waals surface area contributed by atoms with Gasteiger partial charge in [-0.05, 0) is 77.5 Å². The van der Waals surface area contributed by atoms with E-state index >= 15 is 0 Å². The second-order valence-corrected chi connectivity index (χ2v) is 6.47. The normalized spacial score (nSPS) is 13.2. The number of benzene rings is 1. The van der Waals surface area contributed by atoms with Gasteiger partial charge in [-0.3, -0.25) is 0 Å². The minimum absolute atomic E-state index is 0.226. The maximum absolute atomic E-state index is 6.20. The molecule has 0 aliphatic heterocycles. The third-order valence-corrected chi connectivity index (χ3v) is 4.27. The molecule has 0 bridgehead atoms. The lowest BCUT2D eigenvalue weighted by Crippen LogP contribution is -2.28. The average Bonchev–Trinajstić information content (AvgIpc) is 2.40. The minimum Gasteiger partial charge on any atom is -0.310 e. The number of rotatable bonds is 8. The van der Waals surface area contributed by atoms with Crippen LogP contribution in [-0.2, 0) is 0 Å². The fourth-order valence-electron chi connectivity index (χ4n) is 2.02. The lowest BCUT2D eigenvalue weighted by atomic mass is 10.1. The lowest BCUT2D eigenvalue weighted by molar-refractivity contribution is 0.267. The second-order valence-electron chi connectivity index (χ2n) is 5.62. The van der Waals surface area contributed by atoms with Crippen LogP contribution in [0.5, 0.6) is 0 Å². The smallest absolute Gasteiger partial charge is 0.0454 e. The van der Waals surface area contributed by atoms with E-state index in [0.717, 1.165) is 28.7 Å². The van der Waals surface area contributed by atoms with Crippen LogP contribution in [0.25, 0.3) is 0 Å². The van der Waals surface area contributed by atoms with Gasteiger partial charge in [-0.2, -0.15) is 0 Å². The van der Waals surface area contributed by atoms with E-state index in [4.69, 9.17) is 23.2 Å². The van der Waals surface area contributed by atoms with Gasteiger partial charge in [0.25, 0.3) is 0 Å². The maximum Gasteiger partial charge on any atom is 0.0454 e. The van der Waals surface area contributed by atoms with Gasteiger partial charge in [-0.1, -0.05) is 23.2 Å². The first-order valence-corrected chi connectivity index (χ1v) is 8.06. The molecule has 20 heavy (non-hydrogen) atoms. The monoisotopic (exact) mass is 316 g/mol. The number of hydrogen-bond donors (Lipinski definition) is 1. The van der Waals surface area contributed by atoms with Crippen LogP contribution in [0.3, 0.4) is 0 Å². The predicted molar refractivity (Wildman–Crippen MR) is 89.9 cm³/mol. The highest BCUT2D eigenvalue weighted by Gasteiger charge is 2.09. The summed E-state index contributed by atoms with van der Waals surface area (Å²) < 4.78 is 0. The molecule has 0 spiro atoms. The van der Waals surface area contributed by atoms with Gasteiger partial charge in [0.15, 0.2) is 0 Å². The highest BCUT2D eigenvalue weighted by Crippen LogP contribution is 2.26. The van der Waals surface area contributed by atoms with Crippen molar-refractivity contribution in [2.24, 2.45) is 0 Å². The van der Waals surface area contributed by atoms with E-state index in [1.165, 1.54) is 12.8 Å². The van der Waals surface area contributed by atoms with E-state index in [1.807, 2.05) is 18.2 Å². The van der Waals surface area contributed by atoms with Crippen molar-refractivity contribution in [2.75, 3.05) is 20.1 Å². The van der Waals surface area contributed by atoms with Crippen molar-refractivity contribution in [1.29, 1.82) is 0 Å². The quantitative estimate of drug-likeness (QED) is 0.695. The Morgan fingerprint density at radius 1 is 1.15 bits per heavy atom. The topological polar surface area (TPSA) is 15.3 Å². The molecule has 0 fully saturated rings. The largest absolute Gasteiger partial charge is 0.310 e. The van der Waals surface area contributed by atoms with Gasteiger partial charge < -0.3 is 10.2 Å². The molecule has 1 aromatic carbocycles. The summed E-state index contributed by atoms with van der Waals surface area (Å²) in [5.41, 5.74) is 1.07. The van der Waals surface area contributed by atoms with Gasteiger partial charge in [-0.15, -0.1) is 0 Å². The maximum atomic E-state index is 6.20. The first kappa shape index (κ1) is 17.8. The number of nitrogens with zero attached hydrogens (tertiary/aromatic N) is 1. The van der Waals surface area contributed by atoms with Gasteiger partial charge in [0.2, 0.25) is 0 Å². The lowest BCUT2D eigenvalue weighted by Gasteiger charge is -2.21. The summed E-state index contributed by atoms with van der Waals surface area (Å²) in [5, 5.41) is 5.01. The van der Waals surface area contributed by atoms with Crippen molar-refractivity contribution in [3.8, 4) is 0 Å². The van der Waals surface area contributed by atoms with E-state index in [-0.39, 0.29) is 6.04 Å². The molecule has 0 radical (unpaired) electrons. The fourth-order valence-corrected chi connectivity index (χ4v) is 2.48. The minimum atomic E-state index is 0.226. The number of nitrogens with one attached hydrogen (secondary N) is 1. The van der Waals surface area contributed by atoms with Crippen LogP contribution in [0.4, 0.5) is 0 Å². The fraction of sp³-hybridized carbons (Fsp3) is 0.625. The Morgan fingerprint density at radius 3 is 2.50 bits per heavy atom. The Labute approximate surface area is 133 Å². The molecule has 4 heteroatoms. The van der Waals surface area contributed by atoms with Crippen LogP contribution in [0.1, 0.15) is 45.2 Å². The Kier molecular flexibility index (Phi) is 7.90. The first-order chi connectivity index (χ1) is 9.41. The van der Waals surface area contributed by atoms with E-state index in [9.17, 15) is 0 Å². The zero-order valence-corrected chi connectivity index (χ0v) is 14.4. The molecular formula is C16H26Cl2N2. The molecule has 0 aliphatic carbocycles. The summed E-state index contributed by atoms with van der Waals surface area (Å²) in [6.45, 7) is 8.71. The van der Waals surface area contributed by atoms with Crippen molar-refractivity contribution in [3.05, 3.63) is 33.8 Å². The van der Waals surface area contributed by atoms with Crippen molar-refractivity contribution in [2.45, 2.75) is 45.7 Å². The molecule has 0 heterocycles. The molecule has 0 aromatic heterocycles.